The number of allylic oxidation sites excluding steroid dienone is 1. The Kier molecular flexibility index (Phi) is 10.2. The van der Waals surface area contributed by atoms with Crippen molar-refractivity contribution >= 4 is 49.2 Å². The third kappa shape index (κ3) is 6.71. The highest BCUT2D eigenvalue weighted by Crippen LogP contribution is 2.41. The van der Waals surface area contributed by atoms with Gasteiger partial charge >= 0.3 is 0 Å². The first kappa shape index (κ1) is 24.6. The van der Waals surface area contributed by atoms with Gasteiger partial charge < -0.3 is 4.57 Å². The van der Waals surface area contributed by atoms with E-state index in [9.17, 15) is 0 Å². The molecule has 1 unspecified atom stereocenters. The standard InChI is InChI=1S/C28H43NS2/c1-5-8-10-12-13-15-18-23(17-14-11-9-6-2)21-29-25-19-22(4)30-27(25)28-26(29)20-24(31-28)16-7-3/h7,16,19-20,23H,5-6,8-15,17-18,21H2,1-4H3/b16-7+. The summed E-state index contributed by atoms with van der Waals surface area (Å²) in [6.07, 6.45) is 21.2. The van der Waals surface area contributed by atoms with Crippen LogP contribution in [0.1, 0.15) is 108 Å². The number of hydrogen-bond acceptors (Lipinski definition) is 2. The molecule has 3 aromatic rings. The summed E-state index contributed by atoms with van der Waals surface area (Å²) < 4.78 is 5.70. The second-order valence-corrected chi connectivity index (χ2v) is 11.7. The van der Waals surface area contributed by atoms with Crippen LogP contribution in [0.2, 0.25) is 0 Å². The Morgan fingerprint density at radius 3 is 2.06 bits per heavy atom. The molecule has 0 saturated carbocycles. The van der Waals surface area contributed by atoms with Crippen molar-refractivity contribution in [3.8, 4) is 0 Å². The maximum atomic E-state index is 2.68. The van der Waals surface area contributed by atoms with Crippen LogP contribution in [0.15, 0.2) is 18.2 Å². The Hall–Kier alpha value is -1.06. The molecule has 3 heteroatoms. The third-order valence-corrected chi connectivity index (χ3v) is 8.85. The topological polar surface area (TPSA) is 4.93 Å². The van der Waals surface area contributed by atoms with Gasteiger partial charge in [-0.15, -0.1) is 22.7 Å². The van der Waals surface area contributed by atoms with E-state index in [1.165, 1.54) is 114 Å². The molecule has 3 rings (SSSR count). The van der Waals surface area contributed by atoms with Crippen molar-refractivity contribution in [2.45, 2.75) is 111 Å². The molecule has 3 aromatic heterocycles. The Balaban J connectivity index is 1.76. The molecule has 0 radical (unpaired) electrons. The highest BCUT2D eigenvalue weighted by Gasteiger charge is 2.19. The minimum Gasteiger partial charge on any atom is -0.339 e. The molecule has 0 fully saturated rings. The maximum Gasteiger partial charge on any atom is 0.0707 e. The molecule has 3 heterocycles. The van der Waals surface area contributed by atoms with Crippen molar-refractivity contribution in [3.63, 3.8) is 0 Å². The molecular formula is C28H43NS2. The van der Waals surface area contributed by atoms with Crippen LogP contribution in [-0.4, -0.2) is 4.57 Å². The summed E-state index contributed by atoms with van der Waals surface area (Å²) in [5.74, 6) is 0.812. The minimum absolute atomic E-state index is 0.812. The van der Waals surface area contributed by atoms with Crippen LogP contribution in [0.25, 0.3) is 26.5 Å². The predicted octanol–water partition coefficient (Wildman–Crippen LogP) is 10.6. The summed E-state index contributed by atoms with van der Waals surface area (Å²) in [4.78, 5) is 2.83. The number of aromatic nitrogens is 1. The number of unbranched alkanes of at least 4 members (excludes halogenated alkanes) is 8. The van der Waals surface area contributed by atoms with E-state index in [0.717, 1.165) is 5.92 Å². The quantitative estimate of drug-likeness (QED) is 0.200. The molecule has 1 nitrogen and oxygen atoms in total. The first-order chi connectivity index (χ1) is 15.2. The zero-order valence-electron chi connectivity index (χ0n) is 20.3. The molecule has 0 spiro atoms. The van der Waals surface area contributed by atoms with Crippen molar-refractivity contribution in [2.24, 2.45) is 5.92 Å². The number of rotatable bonds is 15. The molecule has 31 heavy (non-hydrogen) atoms. The van der Waals surface area contributed by atoms with E-state index in [1.54, 1.807) is 0 Å². The molecule has 0 N–H and O–H groups in total. The fourth-order valence-corrected chi connectivity index (χ4v) is 7.15. The van der Waals surface area contributed by atoms with Crippen LogP contribution >= 0.6 is 22.7 Å². The van der Waals surface area contributed by atoms with Gasteiger partial charge in [0.25, 0.3) is 0 Å². The Morgan fingerprint density at radius 1 is 0.806 bits per heavy atom. The number of fused-ring (bicyclic) bond motifs is 3. The largest absolute Gasteiger partial charge is 0.339 e. The lowest BCUT2D eigenvalue weighted by molar-refractivity contribution is 0.365. The molecule has 0 bridgehead atoms. The minimum atomic E-state index is 0.812. The highest BCUT2D eigenvalue weighted by atomic mass is 32.1. The van der Waals surface area contributed by atoms with Gasteiger partial charge in [-0.25, -0.2) is 0 Å². The predicted molar refractivity (Wildman–Crippen MR) is 145 cm³/mol. The lowest BCUT2D eigenvalue weighted by Gasteiger charge is -2.19. The zero-order valence-corrected chi connectivity index (χ0v) is 22.0. The average molecular weight is 458 g/mol. The smallest absolute Gasteiger partial charge is 0.0707 e. The van der Waals surface area contributed by atoms with E-state index in [2.05, 4.69) is 56.5 Å². The number of aryl methyl sites for hydroxylation is 1. The Labute approximate surface area is 198 Å². The van der Waals surface area contributed by atoms with Gasteiger partial charge in [0.2, 0.25) is 0 Å². The van der Waals surface area contributed by atoms with Gasteiger partial charge in [0.15, 0.2) is 0 Å². The second-order valence-electron chi connectivity index (χ2n) is 9.32. The van der Waals surface area contributed by atoms with Crippen LogP contribution in [-0.2, 0) is 6.54 Å². The summed E-state index contributed by atoms with van der Waals surface area (Å²) in [5, 5.41) is 0. The molecule has 0 amide bonds. The van der Waals surface area contributed by atoms with Crippen LogP contribution in [0.4, 0.5) is 0 Å². The lowest BCUT2D eigenvalue weighted by Crippen LogP contribution is -2.11. The van der Waals surface area contributed by atoms with E-state index in [-0.39, 0.29) is 0 Å². The van der Waals surface area contributed by atoms with Crippen molar-refractivity contribution in [2.75, 3.05) is 0 Å². The molecule has 1 atom stereocenters. The van der Waals surface area contributed by atoms with E-state index in [1.807, 2.05) is 22.7 Å². The molecule has 0 aliphatic heterocycles. The Bertz CT molecular complexity index is 939. The van der Waals surface area contributed by atoms with Gasteiger partial charge in [-0.1, -0.05) is 84.1 Å². The summed E-state index contributed by atoms with van der Waals surface area (Å²) in [6.45, 7) is 10.2. The van der Waals surface area contributed by atoms with Crippen LogP contribution < -0.4 is 0 Å². The van der Waals surface area contributed by atoms with Crippen LogP contribution in [0.5, 0.6) is 0 Å². The second kappa shape index (κ2) is 12.8. The van der Waals surface area contributed by atoms with Gasteiger partial charge in [-0.3, -0.25) is 0 Å². The van der Waals surface area contributed by atoms with Gasteiger partial charge in [0.05, 0.1) is 20.4 Å². The van der Waals surface area contributed by atoms with E-state index in [0.29, 0.717) is 0 Å². The molecule has 0 aromatic carbocycles. The lowest BCUT2D eigenvalue weighted by atomic mass is 9.94. The first-order valence-electron chi connectivity index (χ1n) is 12.8. The van der Waals surface area contributed by atoms with E-state index in [4.69, 9.17) is 0 Å². The highest BCUT2D eigenvalue weighted by molar-refractivity contribution is 7.27. The number of nitrogens with zero attached hydrogens (tertiary/aromatic N) is 1. The van der Waals surface area contributed by atoms with Gasteiger partial charge in [-0.05, 0) is 50.8 Å². The first-order valence-corrected chi connectivity index (χ1v) is 14.5. The molecule has 0 saturated heterocycles. The molecule has 0 aliphatic rings. The molecule has 0 aliphatic carbocycles. The monoisotopic (exact) mass is 457 g/mol. The van der Waals surface area contributed by atoms with Crippen molar-refractivity contribution in [1.29, 1.82) is 0 Å². The van der Waals surface area contributed by atoms with E-state index >= 15 is 0 Å². The zero-order chi connectivity index (χ0) is 22.1. The van der Waals surface area contributed by atoms with Gasteiger partial charge in [0, 0.05) is 16.3 Å². The fraction of sp³-hybridized carbons (Fsp3) is 0.643. The average Bonchev–Trinajstić information content (AvgIpc) is 3.40. The van der Waals surface area contributed by atoms with Crippen LogP contribution in [0, 0.1) is 12.8 Å². The van der Waals surface area contributed by atoms with Crippen molar-refractivity contribution in [3.05, 3.63) is 28.0 Å². The maximum absolute atomic E-state index is 2.68. The van der Waals surface area contributed by atoms with Gasteiger partial charge in [0.1, 0.15) is 0 Å². The number of thiophene rings is 2. The van der Waals surface area contributed by atoms with E-state index < -0.39 is 0 Å². The SMILES string of the molecule is C/C=C/c1cc2c(s1)c1sc(C)cc1n2CC(CCCCCC)CCCCCCCC. The summed E-state index contributed by atoms with van der Waals surface area (Å²) >= 11 is 3.95. The Morgan fingerprint density at radius 2 is 1.39 bits per heavy atom. The summed E-state index contributed by atoms with van der Waals surface area (Å²) in [7, 11) is 0. The third-order valence-electron chi connectivity index (χ3n) is 6.56. The van der Waals surface area contributed by atoms with Crippen molar-refractivity contribution < 1.29 is 0 Å². The fourth-order valence-electron chi connectivity index (χ4n) is 4.86. The van der Waals surface area contributed by atoms with Gasteiger partial charge in [-0.2, -0.15) is 0 Å². The van der Waals surface area contributed by atoms with Crippen molar-refractivity contribution in [1.82, 2.24) is 4.57 Å². The molecular weight excluding hydrogens is 414 g/mol. The van der Waals surface area contributed by atoms with Crippen LogP contribution in [0.3, 0.4) is 0 Å². The number of hydrogen-bond donors (Lipinski definition) is 0. The summed E-state index contributed by atoms with van der Waals surface area (Å²) in [6, 6.07) is 4.86. The summed E-state index contributed by atoms with van der Waals surface area (Å²) in [5.41, 5.74) is 2.96. The molecule has 172 valence electrons. The normalized spacial score (nSPS) is 13.3.